The Kier molecular flexibility index (Phi) is 3.50. The predicted molar refractivity (Wildman–Crippen MR) is 86.2 cm³/mol. The molecule has 2 aromatic rings. The molecule has 1 N–H and O–H groups in total. The number of oxime groups is 2. The van der Waals surface area contributed by atoms with Gasteiger partial charge in [0.2, 0.25) is 11.4 Å². The number of fused-ring (bicyclic) bond motifs is 2. The van der Waals surface area contributed by atoms with Gasteiger partial charge >= 0.3 is 6.18 Å². The molecule has 26 heavy (non-hydrogen) atoms. The van der Waals surface area contributed by atoms with Gasteiger partial charge in [-0.2, -0.15) is 13.2 Å². The number of para-hydroxylation sites is 1. The fourth-order valence-electron chi connectivity index (χ4n) is 2.97. The van der Waals surface area contributed by atoms with Crippen molar-refractivity contribution in [3.05, 3.63) is 77.6 Å². The molecule has 0 amide bonds. The first-order valence-electron chi connectivity index (χ1n) is 7.57. The summed E-state index contributed by atoms with van der Waals surface area (Å²) in [6, 6.07) is 14.7. The number of nitrogens with zero attached hydrogens (tertiary/aromatic N) is 2. The number of ether oxygens (including phenoxy) is 1. The van der Waals surface area contributed by atoms with Gasteiger partial charge in [-0.25, -0.2) is 0 Å². The lowest BCUT2D eigenvalue weighted by atomic mass is 9.83. The molecule has 0 aromatic heterocycles. The number of halogens is 3. The van der Waals surface area contributed by atoms with Crippen LogP contribution in [0.5, 0.6) is 5.75 Å². The van der Waals surface area contributed by atoms with E-state index < -0.39 is 17.5 Å². The van der Waals surface area contributed by atoms with Gasteiger partial charge < -0.3 is 14.8 Å². The van der Waals surface area contributed by atoms with Crippen molar-refractivity contribution in [3.63, 3.8) is 0 Å². The van der Waals surface area contributed by atoms with Crippen LogP contribution < -0.4 is 4.74 Å². The molecule has 2 aliphatic rings. The quantitative estimate of drug-likeness (QED) is 0.618. The molecule has 0 radical (unpaired) electrons. The maximum absolute atomic E-state index is 13.3. The molecular weight excluding hydrogens is 349 g/mol. The smallest absolute Gasteiger partial charge is 0.449 e. The monoisotopic (exact) mass is 360 g/mol. The zero-order chi connectivity index (χ0) is 18.4. The second kappa shape index (κ2) is 5.62. The molecule has 1 spiro atoms. The summed E-state index contributed by atoms with van der Waals surface area (Å²) < 4.78 is 45.0. The van der Waals surface area contributed by atoms with Crippen molar-refractivity contribution in [2.24, 2.45) is 10.3 Å². The second-order valence-electron chi connectivity index (χ2n) is 5.69. The minimum absolute atomic E-state index is 0.0482. The lowest BCUT2D eigenvalue weighted by Crippen LogP contribution is -2.40. The van der Waals surface area contributed by atoms with E-state index in [1.807, 2.05) is 0 Å². The van der Waals surface area contributed by atoms with Gasteiger partial charge in [0.25, 0.3) is 0 Å². The van der Waals surface area contributed by atoms with Gasteiger partial charge in [0.1, 0.15) is 11.5 Å². The van der Waals surface area contributed by atoms with Crippen molar-refractivity contribution in [3.8, 4) is 5.75 Å². The van der Waals surface area contributed by atoms with E-state index in [4.69, 9.17) is 9.57 Å². The Balaban J connectivity index is 1.91. The van der Waals surface area contributed by atoms with Crippen LogP contribution in [-0.4, -0.2) is 22.8 Å². The molecule has 2 aromatic carbocycles. The van der Waals surface area contributed by atoms with Crippen molar-refractivity contribution in [2.45, 2.75) is 11.8 Å². The molecule has 2 aliphatic heterocycles. The number of benzene rings is 2. The Morgan fingerprint density at radius 1 is 1.00 bits per heavy atom. The molecule has 0 fully saturated rings. The van der Waals surface area contributed by atoms with E-state index in [9.17, 15) is 18.4 Å². The fraction of sp³-hybridized carbons (Fsp3) is 0.111. The third-order valence-corrected chi connectivity index (χ3v) is 4.13. The summed E-state index contributed by atoms with van der Waals surface area (Å²) in [6.07, 6.45) is -4.01. The van der Waals surface area contributed by atoms with Crippen molar-refractivity contribution in [1.82, 2.24) is 0 Å². The van der Waals surface area contributed by atoms with Crippen LogP contribution >= 0.6 is 0 Å². The fourth-order valence-corrected chi connectivity index (χ4v) is 2.97. The largest absolute Gasteiger partial charge is 0.452 e. The summed E-state index contributed by atoms with van der Waals surface area (Å²) in [4.78, 5) is 5.44. The third-order valence-electron chi connectivity index (χ3n) is 4.13. The average molecular weight is 360 g/mol. The predicted octanol–water partition coefficient (Wildman–Crippen LogP) is 3.99. The van der Waals surface area contributed by atoms with Crippen LogP contribution in [0.2, 0.25) is 0 Å². The molecule has 4 rings (SSSR count). The topological polar surface area (TPSA) is 63.4 Å². The Hall–Kier alpha value is -3.29. The molecular formula is C18H11F3N2O3. The van der Waals surface area contributed by atoms with E-state index in [2.05, 4.69) is 10.3 Å². The summed E-state index contributed by atoms with van der Waals surface area (Å²) in [7, 11) is 0. The van der Waals surface area contributed by atoms with E-state index in [1.54, 1.807) is 36.4 Å². The number of hydrogen-bond donors (Lipinski definition) is 1. The van der Waals surface area contributed by atoms with Gasteiger partial charge in [0.15, 0.2) is 5.71 Å². The van der Waals surface area contributed by atoms with Crippen molar-refractivity contribution in [2.75, 3.05) is 0 Å². The molecule has 0 unspecified atom stereocenters. The van der Waals surface area contributed by atoms with Gasteiger partial charge in [-0.05, 0) is 6.07 Å². The number of hydrogen-bond acceptors (Lipinski definition) is 5. The lowest BCUT2D eigenvalue weighted by molar-refractivity contribution is -0.120. The number of alkyl halides is 3. The lowest BCUT2D eigenvalue weighted by Gasteiger charge is -2.31. The molecule has 0 bridgehead atoms. The maximum atomic E-state index is 13.3. The van der Waals surface area contributed by atoms with E-state index in [0.717, 1.165) is 6.08 Å². The van der Waals surface area contributed by atoms with Crippen molar-refractivity contribution in [1.29, 1.82) is 0 Å². The van der Waals surface area contributed by atoms with Gasteiger partial charge in [0.05, 0.1) is 5.56 Å². The maximum Gasteiger partial charge on any atom is 0.449 e. The van der Waals surface area contributed by atoms with Gasteiger partial charge in [-0.1, -0.05) is 58.8 Å². The Morgan fingerprint density at radius 3 is 2.38 bits per heavy atom. The molecule has 1 atom stereocenters. The van der Waals surface area contributed by atoms with E-state index in [0.29, 0.717) is 5.56 Å². The molecule has 2 heterocycles. The van der Waals surface area contributed by atoms with Gasteiger partial charge in [0, 0.05) is 11.6 Å². The molecule has 5 nitrogen and oxygen atoms in total. The summed E-state index contributed by atoms with van der Waals surface area (Å²) in [5, 5.41) is 16.7. The Bertz CT molecular complexity index is 952. The Labute approximate surface area is 145 Å². The summed E-state index contributed by atoms with van der Waals surface area (Å²) in [5.74, 6) is -1.31. The number of rotatable bonds is 1. The zero-order valence-corrected chi connectivity index (χ0v) is 13.1. The van der Waals surface area contributed by atoms with E-state index in [1.165, 1.54) is 18.2 Å². The number of allylic oxidation sites excluding steroid dienone is 1. The van der Waals surface area contributed by atoms with Crippen LogP contribution in [0.1, 0.15) is 11.1 Å². The summed E-state index contributed by atoms with van der Waals surface area (Å²) in [6.45, 7) is 0. The van der Waals surface area contributed by atoms with E-state index in [-0.39, 0.29) is 22.7 Å². The second-order valence-corrected chi connectivity index (χ2v) is 5.69. The van der Waals surface area contributed by atoms with Gasteiger partial charge in [-0.3, -0.25) is 0 Å². The van der Waals surface area contributed by atoms with Crippen LogP contribution in [0.3, 0.4) is 0 Å². The van der Waals surface area contributed by atoms with Crippen molar-refractivity contribution >= 4 is 11.4 Å². The van der Waals surface area contributed by atoms with E-state index >= 15 is 0 Å². The van der Waals surface area contributed by atoms with Gasteiger partial charge in [-0.15, -0.1) is 0 Å². The summed E-state index contributed by atoms with van der Waals surface area (Å²) in [5.41, 5.74) is -1.04. The minimum atomic E-state index is -4.75. The van der Waals surface area contributed by atoms with Crippen LogP contribution in [-0.2, 0) is 10.4 Å². The highest BCUT2D eigenvalue weighted by Crippen LogP contribution is 2.47. The first-order valence-corrected chi connectivity index (χ1v) is 7.57. The highest BCUT2D eigenvalue weighted by Gasteiger charge is 2.54. The average Bonchev–Trinajstić information content (AvgIpc) is 3.00. The van der Waals surface area contributed by atoms with Crippen LogP contribution in [0.4, 0.5) is 13.2 Å². The standard InChI is InChI=1S/C18H11F3N2O3/c19-18(20,21)14-10-17(12-8-4-5-9-13(12)25-14)16(22-24)15(23-26-17)11-6-2-1-3-7-11/h1-10,24H/b22-16+/t17-/m1/s1. The SMILES string of the molecule is O/N=C1\C(c2ccccc2)=NO[C@@]12C=C(C(F)(F)F)Oc1ccccc12. The van der Waals surface area contributed by atoms with Crippen LogP contribution in [0.15, 0.2) is 76.7 Å². The Morgan fingerprint density at radius 2 is 1.69 bits per heavy atom. The van der Waals surface area contributed by atoms with Crippen molar-refractivity contribution < 1.29 is 28.0 Å². The normalized spacial score (nSPS) is 23.1. The molecule has 0 aliphatic carbocycles. The minimum Gasteiger partial charge on any atom is -0.452 e. The molecule has 0 saturated carbocycles. The molecule has 132 valence electrons. The first-order chi connectivity index (χ1) is 12.5. The zero-order valence-electron chi connectivity index (χ0n) is 13.1. The first kappa shape index (κ1) is 16.2. The molecule has 0 saturated heterocycles. The third kappa shape index (κ3) is 2.33. The highest BCUT2D eigenvalue weighted by molar-refractivity contribution is 6.52. The van der Waals surface area contributed by atoms with Crippen LogP contribution in [0.25, 0.3) is 0 Å². The summed E-state index contributed by atoms with van der Waals surface area (Å²) >= 11 is 0. The van der Waals surface area contributed by atoms with Crippen LogP contribution in [0, 0.1) is 0 Å². The molecule has 8 heteroatoms. The highest BCUT2D eigenvalue weighted by atomic mass is 19.4.